The molecular weight excluding hydrogens is 659 g/mol. The molecule has 0 aliphatic heterocycles. The highest BCUT2D eigenvalue weighted by Gasteiger charge is 2.38. The lowest BCUT2D eigenvalue weighted by molar-refractivity contribution is 0.294. The predicted molar refractivity (Wildman–Crippen MR) is 155 cm³/mol. The van der Waals surface area contributed by atoms with Crippen LogP contribution in [0.3, 0.4) is 0 Å². The number of rotatable bonds is 9. The fourth-order valence-electron chi connectivity index (χ4n) is 3.53. The lowest BCUT2D eigenvalue weighted by atomic mass is 10.0. The average molecular weight is 689 g/mol. The molecule has 0 saturated carbocycles. The van der Waals surface area contributed by atoms with Crippen LogP contribution >= 0.6 is 55.6 Å². The van der Waals surface area contributed by atoms with E-state index in [1.807, 2.05) is 96.1 Å². The Hall–Kier alpha value is -1.27. The van der Waals surface area contributed by atoms with Crippen molar-refractivity contribution < 1.29 is 18.1 Å². The molecule has 0 spiro atoms. The van der Waals surface area contributed by atoms with Crippen LogP contribution in [0.2, 0.25) is 0 Å². The van der Waals surface area contributed by atoms with Crippen LogP contribution in [0, 0.1) is 0 Å². The maximum Gasteiger partial charge on any atom is 0.647 e. The Morgan fingerprint density at radius 1 is 0.514 bits per heavy atom. The van der Waals surface area contributed by atoms with Gasteiger partial charge >= 0.3 is 7.82 Å². The standard InChI is InChI=1S/C27H30Br3O4P/c1-25(2,28)19-13-7-10-16-22(19)32-35(31,33-23-17-11-8-14-20(23)26(3,4)29)34-24-18-12-9-15-21(24)27(5,6)30/h7-18H,1-6H3. The van der Waals surface area contributed by atoms with Crippen molar-refractivity contribution in [1.29, 1.82) is 0 Å². The van der Waals surface area contributed by atoms with Crippen LogP contribution in [0.4, 0.5) is 0 Å². The number of hydrogen-bond donors (Lipinski definition) is 0. The summed E-state index contributed by atoms with van der Waals surface area (Å²) >= 11 is 11.1. The van der Waals surface area contributed by atoms with Gasteiger partial charge in [-0.15, -0.1) is 0 Å². The van der Waals surface area contributed by atoms with Gasteiger partial charge < -0.3 is 13.6 Å². The third kappa shape index (κ3) is 7.38. The van der Waals surface area contributed by atoms with Gasteiger partial charge in [-0.1, -0.05) is 102 Å². The van der Waals surface area contributed by atoms with Crippen LogP contribution in [0.15, 0.2) is 72.8 Å². The first-order valence-corrected chi connectivity index (χ1v) is 15.0. The Kier molecular flexibility index (Phi) is 8.58. The quantitative estimate of drug-likeness (QED) is 0.166. The van der Waals surface area contributed by atoms with Crippen molar-refractivity contribution in [3.05, 3.63) is 89.5 Å². The molecule has 35 heavy (non-hydrogen) atoms. The van der Waals surface area contributed by atoms with E-state index in [4.69, 9.17) is 13.6 Å². The van der Waals surface area contributed by atoms with Gasteiger partial charge in [-0.05, 0) is 59.7 Å². The summed E-state index contributed by atoms with van der Waals surface area (Å²) < 4.78 is 31.6. The summed E-state index contributed by atoms with van der Waals surface area (Å²) in [6.07, 6.45) is 0. The van der Waals surface area contributed by atoms with E-state index in [0.29, 0.717) is 17.2 Å². The second-order valence-electron chi connectivity index (χ2n) is 9.63. The van der Waals surface area contributed by atoms with Crippen molar-refractivity contribution in [2.45, 2.75) is 54.5 Å². The highest BCUT2D eigenvalue weighted by Crippen LogP contribution is 2.55. The molecule has 0 saturated heterocycles. The van der Waals surface area contributed by atoms with Crippen molar-refractivity contribution in [2.24, 2.45) is 0 Å². The first-order chi connectivity index (χ1) is 16.1. The van der Waals surface area contributed by atoms with Gasteiger partial charge in [0, 0.05) is 29.7 Å². The minimum absolute atomic E-state index is 0.406. The molecule has 188 valence electrons. The third-order valence-electron chi connectivity index (χ3n) is 5.21. The zero-order valence-electron chi connectivity index (χ0n) is 20.6. The Labute approximate surface area is 233 Å². The average Bonchev–Trinajstić information content (AvgIpc) is 2.72. The van der Waals surface area contributed by atoms with Gasteiger partial charge in [-0.3, -0.25) is 0 Å². The summed E-state index contributed by atoms with van der Waals surface area (Å²) in [6, 6.07) is 22.2. The number of halogens is 3. The van der Waals surface area contributed by atoms with Crippen molar-refractivity contribution in [2.75, 3.05) is 0 Å². The Morgan fingerprint density at radius 3 is 0.971 bits per heavy atom. The second-order valence-corrected chi connectivity index (χ2v) is 17.0. The zero-order chi connectivity index (χ0) is 26.1. The molecule has 0 bridgehead atoms. The third-order valence-corrected chi connectivity index (χ3v) is 7.76. The van der Waals surface area contributed by atoms with E-state index in [2.05, 4.69) is 47.8 Å². The van der Waals surface area contributed by atoms with Crippen molar-refractivity contribution in [3.8, 4) is 17.2 Å². The molecule has 3 aromatic carbocycles. The molecule has 8 heteroatoms. The number of hydrogen-bond acceptors (Lipinski definition) is 4. The number of alkyl halides is 3. The Morgan fingerprint density at radius 2 is 0.743 bits per heavy atom. The molecule has 0 aliphatic rings. The SMILES string of the molecule is CC(C)(Br)c1ccccc1OP(=O)(Oc1ccccc1C(C)(C)Br)Oc1ccccc1C(C)(C)Br. The lowest BCUT2D eigenvalue weighted by Gasteiger charge is -2.28. The van der Waals surface area contributed by atoms with E-state index >= 15 is 0 Å². The summed E-state index contributed by atoms with van der Waals surface area (Å²) in [5.41, 5.74) is 2.45. The lowest BCUT2D eigenvalue weighted by Crippen LogP contribution is -2.16. The fourth-order valence-corrected chi connectivity index (χ4v) is 5.82. The maximum atomic E-state index is 14.4. The summed E-state index contributed by atoms with van der Waals surface area (Å²) in [7, 11) is -4.24. The zero-order valence-corrected chi connectivity index (χ0v) is 26.3. The van der Waals surface area contributed by atoms with Gasteiger partial charge in [0.05, 0.1) is 0 Å². The van der Waals surface area contributed by atoms with Gasteiger partial charge in [0.1, 0.15) is 17.2 Å². The smallest absolute Gasteiger partial charge is 0.386 e. The molecule has 3 rings (SSSR count). The Balaban J connectivity index is 2.14. The highest BCUT2D eigenvalue weighted by molar-refractivity contribution is 9.10. The van der Waals surface area contributed by atoms with Gasteiger partial charge in [0.25, 0.3) is 0 Å². The minimum atomic E-state index is -4.24. The molecule has 0 amide bonds. The number of benzene rings is 3. The summed E-state index contributed by atoms with van der Waals surface area (Å²) in [4.78, 5) is 0. The molecule has 0 aliphatic carbocycles. The molecule has 0 aromatic heterocycles. The summed E-state index contributed by atoms with van der Waals surface area (Å²) in [6.45, 7) is 12.0. The maximum absolute atomic E-state index is 14.4. The predicted octanol–water partition coefficient (Wildman–Crippen LogP) is 10.2. The van der Waals surface area contributed by atoms with Crippen molar-refractivity contribution in [3.63, 3.8) is 0 Å². The van der Waals surface area contributed by atoms with E-state index in [1.54, 1.807) is 18.2 Å². The number of para-hydroxylation sites is 3. The van der Waals surface area contributed by atoms with Crippen LogP contribution in [-0.4, -0.2) is 0 Å². The molecule has 4 nitrogen and oxygen atoms in total. The summed E-state index contributed by atoms with van der Waals surface area (Å²) in [5.74, 6) is 1.22. The number of phosphoric ester groups is 1. The van der Waals surface area contributed by atoms with Gasteiger partial charge in [0.2, 0.25) is 0 Å². The van der Waals surface area contributed by atoms with Gasteiger partial charge in [0.15, 0.2) is 0 Å². The van der Waals surface area contributed by atoms with Crippen LogP contribution in [0.5, 0.6) is 17.2 Å². The normalized spacial score (nSPS) is 12.8. The Bertz CT molecular complexity index is 1070. The van der Waals surface area contributed by atoms with Crippen molar-refractivity contribution >= 4 is 55.6 Å². The molecule has 0 N–H and O–H groups in total. The summed E-state index contributed by atoms with van der Waals surface area (Å²) in [5, 5.41) is 0. The number of phosphoric acid groups is 1. The molecule has 3 aromatic rings. The minimum Gasteiger partial charge on any atom is -0.386 e. The van der Waals surface area contributed by atoms with E-state index in [-0.39, 0.29) is 0 Å². The van der Waals surface area contributed by atoms with Gasteiger partial charge in [-0.2, -0.15) is 4.57 Å². The van der Waals surface area contributed by atoms with Crippen LogP contribution in [0.1, 0.15) is 58.2 Å². The van der Waals surface area contributed by atoms with Crippen molar-refractivity contribution in [1.82, 2.24) is 0 Å². The second kappa shape index (κ2) is 10.6. The van der Waals surface area contributed by atoms with E-state index in [0.717, 1.165) is 16.7 Å². The molecule has 0 atom stereocenters. The van der Waals surface area contributed by atoms with E-state index in [1.165, 1.54) is 0 Å². The molecule has 0 fully saturated rings. The largest absolute Gasteiger partial charge is 0.647 e. The van der Waals surface area contributed by atoms with Crippen LogP contribution in [-0.2, 0) is 17.5 Å². The topological polar surface area (TPSA) is 44.8 Å². The molecule has 0 radical (unpaired) electrons. The van der Waals surface area contributed by atoms with E-state index in [9.17, 15) is 4.57 Å². The first kappa shape index (κ1) is 28.3. The van der Waals surface area contributed by atoms with Crippen LogP contribution in [0.25, 0.3) is 0 Å². The van der Waals surface area contributed by atoms with Crippen LogP contribution < -0.4 is 13.6 Å². The molecular formula is C27H30Br3O4P. The first-order valence-electron chi connectivity index (χ1n) is 11.1. The highest BCUT2D eigenvalue weighted by atomic mass is 79.9. The molecule has 0 unspecified atom stereocenters. The van der Waals surface area contributed by atoms with E-state index < -0.39 is 20.8 Å². The monoisotopic (exact) mass is 686 g/mol. The van der Waals surface area contributed by atoms with Gasteiger partial charge in [-0.25, -0.2) is 0 Å². The fraction of sp³-hybridized carbons (Fsp3) is 0.333. The molecule has 0 heterocycles.